The molecular weight excluding hydrogens is 267 g/mol. The van der Waals surface area contributed by atoms with Crippen molar-refractivity contribution >= 4 is 0 Å². The van der Waals surface area contributed by atoms with Crippen molar-refractivity contribution in [2.24, 2.45) is 0 Å². The number of likely N-dealkylation sites (tertiary alicyclic amines) is 1. The molecule has 0 aromatic carbocycles. The van der Waals surface area contributed by atoms with E-state index in [1.54, 1.807) is 0 Å². The van der Waals surface area contributed by atoms with E-state index >= 15 is 0 Å². The van der Waals surface area contributed by atoms with Crippen LogP contribution in [0.3, 0.4) is 0 Å². The van der Waals surface area contributed by atoms with Gasteiger partial charge in [0, 0.05) is 37.9 Å². The van der Waals surface area contributed by atoms with Crippen molar-refractivity contribution in [3.8, 4) is 0 Å². The highest BCUT2D eigenvalue weighted by Gasteiger charge is 2.25. The Bertz CT molecular complexity index is 446. The number of hydrogen-bond donors (Lipinski definition) is 0. The molecule has 0 bridgehead atoms. The van der Waals surface area contributed by atoms with E-state index in [1.807, 2.05) is 20.8 Å². The molecule has 0 amide bonds. The second-order valence-corrected chi connectivity index (χ2v) is 5.67. The standard InChI is InChI=1S/C15H21FN2O.C2H6/c1-11-2-3-14(12-5-7-19-10-12)15(17-11)9-18-6-4-13(16)8-18;1-2/h2-3,12-13H,4-10H2,1H3;1-2H3. The predicted octanol–water partition coefficient (Wildman–Crippen LogP) is 3.46. The van der Waals surface area contributed by atoms with E-state index in [2.05, 4.69) is 22.0 Å². The number of aromatic nitrogens is 1. The summed E-state index contributed by atoms with van der Waals surface area (Å²) in [5.41, 5.74) is 3.45. The molecule has 2 aliphatic rings. The zero-order valence-electron chi connectivity index (χ0n) is 13.4. The topological polar surface area (TPSA) is 25.4 Å². The van der Waals surface area contributed by atoms with Gasteiger partial charge in [-0.05, 0) is 31.4 Å². The molecule has 0 saturated carbocycles. The summed E-state index contributed by atoms with van der Waals surface area (Å²) in [6.07, 6.45) is 1.07. The van der Waals surface area contributed by atoms with Crippen LogP contribution in [0.4, 0.5) is 4.39 Å². The highest BCUT2D eigenvalue weighted by Crippen LogP contribution is 2.28. The Balaban J connectivity index is 0.000000774. The number of nitrogens with zero attached hydrogens (tertiary/aromatic N) is 2. The lowest BCUT2D eigenvalue weighted by molar-refractivity contribution is 0.193. The number of alkyl halides is 1. The Morgan fingerprint density at radius 1 is 1.33 bits per heavy atom. The Hall–Kier alpha value is -1.00. The van der Waals surface area contributed by atoms with Gasteiger partial charge < -0.3 is 4.74 Å². The van der Waals surface area contributed by atoms with Gasteiger partial charge in [0.25, 0.3) is 0 Å². The van der Waals surface area contributed by atoms with Crippen molar-refractivity contribution in [1.29, 1.82) is 0 Å². The van der Waals surface area contributed by atoms with E-state index in [0.717, 1.165) is 44.1 Å². The largest absolute Gasteiger partial charge is 0.381 e. The van der Waals surface area contributed by atoms with Gasteiger partial charge in [-0.2, -0.15) is 0 Å². The number of hydrogen-bond acceptors (Lipinski definition) is 3. The maximum atomic E-state index is 13.3. The molecule has 3 heterocycles. The van der Waals surface area contributed by atoms with Crippen LogP contribution in [-0.4, -0.2) is 42.4 Å². The molecule has 2 aliphatic heterocycles. The normalized spacial score (nSPS) is 25.7. The van der Waals surface area contributed by atoms with Crippen LogP contribution in [0.5, 0.6) is 0 Å². The van der Waals surface area contributed by atoms with E-state index in [4.69, 9.17) is 4.74 Å². The smallest absolute Gasteiger partial charge is 0.114 e. The number of halogens is 1. The summed E-state index contributed by atoms with van der Waals surface area (Å²) in [6, 6.07) is 4.25. The summed E-state index contributed by atoms with van der Waals surface area (Å²) in [5.74, 6) is 0.465. The number of aryl methyl sites for hydroxylation is 1. The first-order valence-corrected chi connectivity index (χ1v) is 8.13. The molecule has 0 N–H and O–H groups in total. The van der Waals surface area contributed by atoms with Gasteiger partial charge in [0.1, 0.15) is 6.17 Å². The average molecular weight is 294 g/mol. The fourth-order valence-electron chi connectivity index (χ4n) is 3.04. The van der Waals surface area contributed by atoms with Gasteiger partial charge in [0.05, 0.1) is 12.3 Å². The zero-order chi connectivity index (χ0) is 15.2. The molecule has 1 aromatic heterocycles. The first kappa shape index (κ1) is 16.4. The number of rotatable bonds is 3. The number of ether oxygens (including phenoxy) is 1. The molecule has 2 atom stereocenters. The van der Waals surface area contributed by atoms with Crippen molar-refractivity contribution < 1.29 is 9.13 Å². The molecule has 2 fully saturated rings. The monoisotopic (exact) mass is 294 g/mol. The van der Waals surface area contributed by atoms with Gasteiger partial charge >= 0.3 is 0 Å². The lowest BCUT2D eigenvalue weighted by atomic mass is 9.96. The van der Waals surface area contributed by atoms with Gasteiger partial charge in [-0.1, -0.05) is 19.9 Å². The molecule has 4 heteroatoms. The van der Waals surface area contributed by atoms with Crippen molar-refractivity contribution in [3.05, 3.63) is 29.1 Å². The van der Waals surface area contributed by atoms with Gasteiger partial charge in [-0.3, -0.25) is 9.88 Å². The fourth-order valence-corrected chi connectivity index (χ4v) is 3.04. The third-order valence-electron chi connectivity index (χ3n) is 4.11. The second kappa shape index (κ2) is 7.85. The van der Waals surface area contributed by atoms with Crippen LogP contribution in [0.2, 0.25) is 0 Å². The molecule has 2 unspecified atom stereocenters. The van der Waals surface area contributed by atoms with Crippen LogP contribution < -0.4 is 0 Å². The van der Waals surface area contributed by atoms with Crippen LogP contribution in [0.1, 0.15) is 49.6 Å². The SMILES string of the molecule is CC.Cc1ccc(C2CCOC2)c(CN2CCC(F)C2)n1. The molecule has 21 heavy (non-hydrogen) atoms. The van der Waals surface area contributed by atoms with E-state index in [-0.39, 0.29) is 0 Å². The molecular formula is C17H27FN2O. The zero-order valence-corrected chi connectivity index (χ0v) is 13.4. The maximum Gasteiger partial charge on any atom is 0.114 e. The van der Waals surface area contributed by atoms with Crippen LogP contribution in [0, 0.1) is 6.92 Å². The number of pyridine rings is 1. The lowest BCUT2D eigenvalue weighted by Gasteiger charge is -2.19. The van der Waals surface area contributed by atoms with Crippen molar-refractivity contribution in [3.63, 3.8) is 0 Å². The van der Waals surface area contributed by atoms with Crippen molar-refractivity contribution in [2.75, 3.05) is 26.3 Å². The first-order valence-electron chi connectivity index (χ1n) is 8.13. The summed E-state index contributed by atoms with van der Waals surface area (Å²) in [7, 11) is 0. The van der Waals surface area contributed by atoms with Gasteiger partial charge in [0.2, 0.25) is 0 Å². The minimum atomic E-state index is -0.664. The summed E-state index contributed by atoms with van der Waals surface area (Å²) in [4.78, 5) is 6.86. The van der Waals surface area contributed by atoms with E-state index in [1.165, 1.54) is 5.56 Å². The predicted molar refractivity (Wildman–Crippen MR) is 83.3 cm³/mol. The Labute approximate surface area is 127 Å². The minimum Gasteiger partial charge on any atom is -0.381 e. The third kappa shape index (κ3) is 4.24. The lowest BCUT2D eigenvalue weighted by Crippen LogP contribution is -2.22. The maximum absolute atomic E-state index is 13.3. The van der Waals surface area contributed by atoms with Crippen LogP contribution in [0.25, 0.3) is 0 Å². The summed E-state index contributed by atoms with van der Waals surface area (Å²) in [6.45, 7) is 9.82. The Morgan fingerprint density at radius 3 is 2.76 bits per heavy atom. The molecule has 2 saturated heterocycles. The highest BCUT2D eigenvalue weighted by atomic mass is 19.1. The van der Waals surface area contributed by atoms with Crippen LogP contribution >= 0.6 is 0 Å². The third-order valence-corrected chi connectivity index (χ3v) is 4.11. The van der Waals surface area contributed by atoms with Crippen LogP contribution in [0.15, 0.2) is 12.1 Å². The van der Waals surface area contributed by atoms with E-state index in [0.29, 0.717) is 18.9 Å². The fraction of sp³-hybridized carbons (Fsp3) is 0.706. The Kier molecular flexibility index (Phi) is 6.12. The minimum absolute atomic E-state index is 0.465. The summed E-state index contributed by atoms with van der Waals surface area (Å²) in [5, 5.41) is 0. The summed E-state index contributed by atoms with van der Waals surface area (Å²) < 4.78 is 18.8. The van der Waals surface area contributed by atoms with Crippen molar-refractivity contribution in [2.45, 2.75) is 52.2 Å². The summed E-state index contributed by atoms with van der Waals surface area (Å²) >= 11 is 0. The molecule has 118 valence electrons. The molecule has 3 rings (SSSR count). The first-order chi connectivity index (χ1) is 10.2. The van der Waals surface area contributed by atoms with Gasteiger partial charge in [-0.15, -0.1) is 0 Å². The van der Waals surface area contributed by atoms with Crippen molar-refractivity contribution in [1.82, 2.24) is 9.88 Å². The van der Waals surface area contributed by atoms with E-state index < -0.39 is 6.17 Å². The molecule has 0 radical (unpaired) electrons. The molecule has 1 aromatic rings. The quantitative estimate of drug-likeness (QED) is 0.853. The van der Waals surface area contributed by atoms with E-state index in [9.17, 15) is 4.39 Å². The molecule has 0 aliphatic carbocycles. The Morgan fingerprint density at radius 2 is 2.14 bits per heavy atom. The van der Waals surface area contributed by atoms with Gasteiger partial charge in [-0.25, -0.2) is 4.39 Å². The second-order valence-electron chi connectivity index (χ2n) is 5.67. The average Bonchev–Trinajstić information content (AvgIpc) is 3.13. The molecule has 0 spiro atoms. The van der Waals surface area contributed by atoms with Crippen LogP contribution in [-0.2, 0) is 11.3 Å². The van der Waals surface area contributed by atoms with Gasteiger partial charge in [0.15, 0.2) is 0 Å². The molecule has 3 nitrogen and oxygen atoms in total. The highest BCUT2D eigenvalue weighted by molar-refractivity contribution is 5.27.